The van der Waals surface area contributed by atoms with E-state index in [1.54, 1.807) is 0 Å². The van der Waals surface area contributed by atoms with Gasteiger partial charge in [0.05, 0.1) is 10.6 Å². The van der Waals surface area contributed by atoms with Crippen molar-refractivity contribution in [1.29, 1.82) is 0 Å². The number of benzene rings is 1. The lowest BCUT2D eigenvalue weighted by atomic mass is 9.93. The van der Waals surface area contributed by atoms with E-state index < -0.39 is 26.8 Å². The Bertz CT molecular complexity index is 677. The van der Waals surface area contributed by atoms with Crippen LogP contribution in [0.1, 0.15) is 25.3 Å². The number of sulfonamides is 1. The number of piperidine rings is 1. The molecule has 0 radical (unpaired) electrons. The van der Waals surface area contributed by atoms with E-state index in [1.165, 1.54) is 4.31 Å². The Balaban J connectivity index is 2.33. The molecule has 2 N–H and O–H groups in total. The molecule has 1 saturated heterocycles. The van der Waals surface area contributed by atoms with Crippen LogP contribution in [0.4, 0.5) is 13.2 Å². The molecule has 0 aliphatic carbocycles. The predicted molar refractivity (Wildman–Crippen MR) is 81.6 cm³/mol. The van der Waals surface area contributed by atoms with E-state index in [0.29, 0.717) is 19.0 Å². The third-order valence-corrected chi connectivity index (χ3v) is 6.39. The highest BCUT2D eigenvalue weighted by Crippen LogP contribution is 2.35. The van der Waals surface area contributed by atoms with Gasteiger partial charge in [-0.25, -0.2) is 8.42 Å². The van der Waals surface area contributed by atoms with Crippen LogP contribution in [-0.2, 0) is 16.2 Å². The predicted octanol–water partition coefficient (Wildman–Crippen LogP) is 3.11. The average Bonchev–Trinajstić information content (AvgIpc) is 2.46. The summed E-state index contributed by atoms with van der Waals surface area (Å²) >= 11 is 5.81. The van der Waals surface area contributed by atoms with Gasteiger partial charge in [0.25, 0.3) is 0 Å². The van der Waals surface area contributed by atoms with E-state index in [1.807, 2.05) is 6.92 Å². The van der Waals surface area contributed by atoms with E-state index in [4.69, 9.17) is 17.3 Å². The van der Waals surface area contributed by atoms with Gasteiger partial charge in [-0.15, -0.1) is 0 Å². The number of rotatable bonds is 3. The van der Waals surface area contributed by atoms with E-state index in [0.717, 1.165) is 18.6 Å². The Hall–Kier alpha value is -0.830. The summed E-state index contributed by atoms with van der Waals surface area (Å²) in [5.74, 6) is 0.0201. The van der Waals surface area contributed by atoms with Crippen LogP contribution in [0.2, 0.25) is 5.02 Å². The highest BCUT2D eigenvalue weighted by Gasteiger charge is 2.35. The molecular weight excluding hydrogens is 353 g/mol. The monoisotopic (exact) mass is 370 g/mol. The summed E-state index contributed by atoms with van der Waals surface area (Å²) in [6.07, 6.45) is -3.09. The van der Waals surface area contributed by atoms with Gasteiger partial charge in [-0.3, -0.25) is 0 Å². The minimum absolute atomic E-state index is 0.0201. The largest absolute Gasteiger partial charge is 0.416 e. The van der Waals surface area contributed by atoms with E-state index >= 15 is 0 Å². The van der Waals surface area contributed by atoms with Crippen molar-refractivity contribution in [2.45, 2.75) is 36.9 Å². The molecule has 4 nitrogen and oxygen atoms in total. The molecule has 9 heteroatoms. The molecule has 0 unspecified atom stereocenters. The second-order valence-electron chi connectivity index (χ2n) is 5.77. The minimum atomic E-state index is -4.57. The molecule has 1 aliphatic rings. The molecule has 0 aromatic heterocycles. The maximum atomic E-state index is 12.7. The minimum Gasteiger partial charge on any atom is -0.328 e. The molecule has 2 atom stereocenters. The van der Waals surface area contributed by atoms with Crippen LogP contribution in [0.3, 0.4) is 0 Å². The molecule has 0 amide bonds. The molecule has 1 aromatic rings. The Morgan fingerprint density at radius 2 is 2.04 bits per heavy atom. The number of nitrogens with zero attached hydrogens (tertiary/aromatic N) is 1. The van der Waals surface area contributed by atoms with Crippen LogP contribution in [0.15, 0.2) is 23.1 Å². The summed E-state index contributed by atoms with van der Waals surface area (Å²) < 4.78 is 64.5. The van der Waals surface area contributed by atoms with Crippen molar-refractivity contribution in [2.24, 2.45) is 11.7 Å². The third kappa shape index (κ3) is 3.99. The quantitative estimate of drug-likeness (QED) is 0.889. The number of halogens is 4. The fourth-order valence-corrected chi connectivity index (χ4v) is 4.70. The fourth-order valence-electron chi connectivity index (χ4n) is 2.65. The van der Waals surface area contributed by atoms with Crippen molar-refractivity contribution in [3.63, 3.8) is 0 Å². The van der Waals surface area contributed by atoms with Gasteiger partial charge in [0.15, 0.2) is 0 Å². The standard InChI is InChI=1S/C14H18ClF3N2O2S/c1-9(19)10-3-2-6-20(8-10)23(21,22)13-5-4-11(7-12(13)15)14(16,17)18/h4-5,7,9-10H,2-3,6,8,19H2,1H3/t9-,10-/m0/s1. The first-order valence-electron chi connectivity index (χ1n) is 7.16. The SMILES string of the molecule is C[C@H](N)[C@H]1CCCN(S(=O)(=O)c2ccc(C(F)(F)F)cc2Cl)C1. The first-order chi connectivity index (χ1) is 10.5. The Kier molecular flexibility index (Phi) is 5.30. The number of hydrogen-bond donors (Lipinski definition) is 1. The van der Waals surface area contributed by atoms with Gasteiger partial charge >= 0.3 is 6.18 Å². The zero-order valence-corrected chi connectivity index (χ0v) is 14.0. The lowest BCUT2D eigenvalue weighted by molar-refractivity contribution is -0.137. The van der Waals surface area contributed by atoms with Gasteiger partial charge in [0.1, 0.15) is 4.90 Å². The first-order valence-corrected chi connectivity index (χ1v) is 8.97. The first kappa shape index (κ1) is 18.5. The smallest absolute Gasteiger partial charge is 0.328 e. The van der Waals surface area contributed by atoms with Gasteiger partial charge in [0, 0.05) is 19.1 Å². The molecule has 1 aromatic carbocycles. The molecule has 1 aliphatic heterocycles. The van der Waals surface area contributed by atoms with Crippen molar-refractivity contribution in [3.05, 3.63) is 28.8 Å². The number of nitrogens with two attached hydrogens (primary N) is 1. The maximum absolute atomic E-state index is 12.7. The fraction of sp³-hybridized carbons (Fsp3) is 0.571. The average molecular weight is 371 g/mol. The van der Waals surface area contributed by atoms with Crippen molar-refractivity contribution >= 4 is 21.6 Å². The summed E-state index contributed by atoms with van der Waals surface area (Å²) in [4.78, 5) is -0.308. The van der Waals surface area contributed by atoms with Crippen molar-refractivity contribution < 1.29 is 21.6 Å². The molecule has 1 heterocycles. The van der Waals surface area contributed by atoms with E-state index in [-0.39, 0.29) is 23.4 Å². The van der Waals surface area contributed by atoms with Crippen molar-refractivity contribution in [2.75, 3.05) is 13.1 Å². The van der Waals surface area contributed by atoms with Crippen LogP contribution in [0.5, 0.6) is 0 Å². The zero-order chi connectivity index (χ0) is 17.4. The number of hydrogen-bond acceptors (Lipinski definition) is 3. The summed E-state index contributed by atoms with van der Waals surface area (Å²) in [5.41, 5.74) is 4.86. The van der Waals surface area contributed by atoms with Crippen LogP contribution in [0, 0.1) is 5.92 Å². The van der Waals surface area contributed by atoms with Crippen molar-refractivity contribution in [1.82, 2.24) is 4.31 Å². The van der Waals surface area contributed by atoms with Gasteiger partial charge in [0.2, 0.25) is 10.0 Å². The summed E-state index contributed by atoms with van der Waals surface area (Å²) in [6, 6.07) is 2.12. The molecule has 23 heavy (non-hydrogen) atoms. The Labute approximate surface area is 138 Å². The van der Waals surface area contributed by atoms with Crippen LogP contribution >= 0.6 is 11.6 Å². The van der Waals surface area contributed by atoms with Gasteiger partial charge < -0.3 is 5.73 Å². The Morgan fingerprint density at radius 1 is 1.39 bits per heavy atom. The van der Waals surface area contributed by atoms with Crippen LogP contribution in [0.25, 0.3) is 0 Å². The molecule has 2 rings (SSSR count). The summed E-state index contributed by atoms with van der Waals surface area (Å²) in [7, 11) is -3.94. The number of alkyl halides is 3. The molecule has 0 saturated carbocycles. The zero-order valence-electron chi connectivity index (χ0n) is 12.5. The Morgan fingerprint density at radius 3 is 2.57 bits per heavy atom. The van der Waals surface area contributed by atoms with Gasteiger partial charge in [-0.05, 0) is 43.9 Å². The lowest BCUT2D eigenvalue weighted by Gasteiger charge is -2.34. The molecule has 1 fully saturated rings. The topological polar surface area (TPSA) is 63.4 Å². The maximum Gasteiger partial charge on any atom is 0.416 e. The summed E-state index contributed by atoms with van der Waals surface area (Å²) in [5, 5.41) is -0.428. The second-order valence-corrected chi connectivity index (χ2v) is 8.08. The highest BCUT2D eigenvalue weighted by molar-refractivity contribution is 7.89. The van der Waals surface area contributed by atoms with Crippen LogP contribution < -0.4 is 5.73 Å². The second kappa shape index (κ2) is 6.58. The molecule has 0 spiro atoms. The van der Waals surface area contributed by atoms with Crippen molar-refractivity contribution in [3.8, 4) is 0 Å². The highest BCUT2D eigenvalue weighted by atomic mass is 35.5. The van der Waals surface area contributed by atoms with E-state index in [2.05, 4.69) is 0 Å². The molecular formula is C14H18ClF3N2O2S. The summed E-state index contributed by atoms with van der Waals surface area (Å²) in [6.45, 7) is 2.37. The normalized spacial score (nSPS) is 22.1. The van der Waals surface area contributed by atoms with E-state index in [9.17, 15) is 21.6 Å². The molecule has 0 bridgehead atoms. The lowest BCUT2D eigenvalue weighted by Crippen LogP contribution is -2.45. The molecule has 130 valence electrons. The third-order valence-electron chi connectivity index (χ3n) is 4.04. The van der Waals surface area contributed by atoms with Gasteiger partial charge in [-0.2, -0.15) is 17.5 Å². The van der Waals surface area contributed by atoms with Gasteiger partial charge in [-0.1, -0.05) is 11.6 Å². The van der Waals surface area contributed by atoms with Crippen LogP contribution in [-0.4, -0.2) is 31.9 Å².